The van der Waals surface area contributed by atoms with Crippen LogP contribution in [0.25, 0.3) is 0 Å². The van der Waals surface area contributed by atoms with Crippen LogP contribution in [0.4, 0.5) is 27.9 Å². The molecule has 1 heterocycles. The molecule has 0 radical (unpaired) electrons. The highest BCUT2D eigenvalue weighted by Crippen LogP contribution is 2.17. The van der Waals surface area contributed by atoms with E-state index in [2.05, 4.69) is 30.5 Å². The number of benzene rings is 1. The van der Waals surface area contributed by atoms with Crippen LogP contribution in [0.2, 0.25) is 0 Å². The molecule has 176 valence electrons. The van der Waals surface area contributed by atoms with Gasteiger partial charge in [-0.3, -0.25) is 19.9 Å². The molecule has 0 aliphatic carbocycles. The Balaban J connectivity index is 2.12. The summed E-state index contributed by atoms with van der Waals surface area (Å²) in [4.78, 5) is 52.4. The predicted molar refractivity (Wildman–Crippen MR) is 120 cm³/mol. The standard InChI is InChI=1S/C18H23N9O6/c1-26(12-5-3-10(4-6-12)16(29)33-2)8-7-11(24-25-18(20)30)9-21-14-13(27(31)32)15(28)23-17(19)22-14/h3-6H,7-9H2,1-2H3,(H3,20,25,30)(H4,19,21,22,23,28). The van der Waals surface area contributed by atoms with Crippen molar-refractivity contribution in [1.29, 1.82) is 0 Å². The first-order chi connectivity index (χ1) is 15.6. The lowest BCUT2D eigenvalue weighted by Crippen LogP contribution is -2.30. The zero-order chi connectivity index (χ0) is 24.5. The van der Waals surface area contributed by atoms with E-state index in [1.165, 1.54) is 7.11 Å². The maximum atomic E-state index is 11.8. The van der Waals surface area contributed by atoms with Gasteiger partial charge in [-0.05, 0) is 24.3 Å². The Hall–Kier alpha value is -4.69. The van der Waals surface area contributed by atoms with Crippen molar-refractivity contribution in [2.24, 2.45) is 10.8 Å². The number of ether oxygens (including phenoxy) is 1. The quantitative estimate of drug-likeness (QED) is 0.138. The lowest BCUT2D eigenvalue weighted by molar-refractivity contribution is -0.385. The number of hydrogen-bond acceptors (Lipinski definition) is 11. The summed E-state index contributed by atoms with van der Waals surface area (Å²) < 4.78 is 4.67. The van der Waals surface area contributed by atoms with Crippen molar-refractivity contribution >= 4 is 40.9 Å². The van der Waals surface area contributed by atoms with E-state index in [1.807, 2.05) is 4.90 Å². The molecule has 7 N–H and O–H groups in total. The Morgan fingerprint density at radius 1 is 1.33 bits per heavy atom. The fourth-order valence-electron chi connectivity index (χ4n) is 2.68. The van der Waals surface area contributed by atoms with Crippen molar-refractivity contribution in [2.75, 3.05) is 43.2 Å². The third kappa shape index (κ3) is 6.91. The number of H-pyrrole nitrogens is 1. The minimum Gasteiger partial charge on any atom is -0.465 e. The van der Waals surface area contributed by atoms with Crippen LogP contribution in [0.3, 0.4) is 0 Å². The van der Waals surface area contributed by atoms with Crippen molar-refractivity contribution in [3.63, 3.8) is 0 Å². The number of nitro groups is 1. The number of hydrazone groups is 1. The summed E-state index contributed by atoms with van der Waals surface area (Å²) in [5.74, 6) is -1.11. The highest BCUT2D eigenvalue weighted by Gasteiger charge is 2.22. The SMILES string of the molecule is COC(=O)c1ccc(N(C)CCC(CNc2nc(N)[nH]c(=O)c2[N+](=O)[O-])=NNC(N)=O)cc1. The highest BCUT2D eigenvalue weighted by molar-refractivity contribution is 5.90. The number of nitrogens with zero attached hydrogens (tertiary/aromatic N) is 4. The van der Waals surface area contributed by atoms with E-state index in [1.54, 1.807) is 31.3 Å². The van der Waals surface area contributed by atoms with Gasteiger partial charge in [0.25, 0.3) is 0 Å². The number of aromatic amines is 1. The fraction of sp³-hybridized carbons (Fsp3) is 0.278. The van der Waals surface area contributed by atoms with Crippen molar-refractivity contribution in [3.05, 3.63) is 50.3 Å². The second kappa shape index (κ2) is 11.1. The van der Waals surface area contributed by atoms with E-state index in [4.69, 9.17) is 11.5 Å². The Morgan fingerprint density at radius 2 is 2.00 bits per heavy atom. The number of anilines is 3. The van der Waals surface area contributed by atoms with Crippen LogP contribution in [-0.2, 0) is 4.74 Å². The zero-order valence-electron chi connectivity index (χ0n) is 17.8. The number of carbonyl (C=O) groups excluding carboxylic acids is 2. The largest absolute Gasteiger partial charge is 0.465 e. The summed E-state index contributed by atoms with van der Waals surface area (Å²) >= 11 is 0. The molecule has 0 spiro atoms. The predicted octanol–water partition coefficient (Wildman–Crippen LogP) is 0.00960. The van der Waals surface area contributed by atoms with Crippen LogP contribution in [0.15, 0.2) is 34.2 Å². The minimum absolute atomic E-state index is 0.105. The molecule has 1 aromatic heterocycles. The summed E-state index contributed by atoms with van der Waals surface area (Å²) in [6.07, 6.45) is 0.287. The van der Waals surface area contributed by atoms with Gasteiger partial charge in [-0.15, -0.1) is 0 Å². The summed E-state index contributed by atoms with van der Waals surface area (Å²) in [7, 11) is 3.09. The van der Waals surface area contributed by atoms with Crippen LogP contribution in [0.5, 0.6) is 0 Å². The average molecular weight is 461 g/mol. The molecule has 0 saturated carbocycles. The Bertz CT molecular complexity index is 1110. The number of rotatable bonds is 10. The first-order valence-corrected chi connectivity index (χ1v) is 9.40. The number of nitrogens with one attached hydrogen (secondary N) is 3. The summed E-state index contributed by atoms with van der Waals surface area (Å²) in [6, 6.07) is 5.80. The smallest absolute Gasteiger partial charge is 0.375 e. The van der Waals surface area contributed by atoms with E-state index in [0.29, 0.717) is 17.8 Å². The number of nitrogen functional groups attached to an aromatic ring is 1. The van der Waals surface area contributed by atoms with Gasteiger partial charge in [0.15, 0.2) is 0 Å². The molecule has 2 amide bonds. The molecule has 1 aromatic carbocycles. The van der Waals surface area contributed by atoms with Crippen LogP contribution < -0.4 is 32.7 Å². The Morgan fingerprint density at radius 3 is 2.58 bits per heavy atom. The second-order valence-electron chi connectivity index (χ2n) is 6.62. The number of methoxy groups -OCH3 is 1. The molecular weight excluding hydrogens is 438 g/mol. The van der Waals surface area contributed by atoms with Crippen molar-refractivity contribution in [1.82, 2.24) is 15.4 Å². The lowest BCUT2D eigenvalue weighted by atomic mass is 10.2. The van der Waals surface area contributed by atoms with Gasteiger partial charge in [0.05, 0.1) is 29.9 Å². The molecule has 0 saturated heterocycles. The summed E-state index contributed by atoms with van der Waals surface area (Å²) in [5.41, 5.74) is 12.3. The maximum absolute atomic E-state index is 11.8. The third-order valence-corrected chi connectivity index (χ3v) is 4.34. The maximum Gasteiger partial charge on any atom is 0.375 e. The summed E-state index contributed by atoms with van der Waals surface area (Å²) in [5, 5.41) is 17.7. The molecule has 0 aliphatic rings. The number of hydrogen-bond donors (Lipinski definition) is 5. The van der Waals surface area contributed by atoms with Gasteiger partial charge in [0.2, 0.25) is 11.8 Å². The molecule has 0 unspecified atom stereocenters. The van der Waals surface area contributed by atoms with Crippen molar-refractivity contribution in [2.45, 2.75) is 6.42 Å². The number of carbonyl (C=O) groups is 2. The van der Waals surface area contributed by atoms with E-state index in [9.17, 15) is 24.5 Å². The van der Waals surface area contributed by atoms with Gasteiger partial charge < -0.3 is 26.4 Å². The van der Waals surface area contributed by atoms with Crippen LogP contribution in [0, 0.1) is 10.1 Å². The second-order valence-corrected chi connectivity index (χ2v) is 6.62. The van der Waals surface area contributed by atoms with Crippen molar-refractivity contribution in [3.8, 4) is 0 Å². The van der Waals surface area contributed by atoms with E-state index in [0.717, 1.165) is 5.69 Å². The molecule has 0 bridgehead atoms. The normalized spacial score (nSPS) is 10.9. The number of amides is 2. The first kappa shape index (κ1) is 24.6. The Kier molecular flexibility index (Phi) is 8.25. The third-order valence-electron chi connectivity index (χ3n) is 4.34. The fourth-order valence-corrected chi connectivity index (χ4v) is 2.68. The number of nitrogens with two attached hydrogens (primary N) is 2. The van der Waals surface area contributed by atoms with Crippen LogP contribution in [0.1, 0.15) is 16.8 Å². The van der Waals surface area contributed by atoms with E-state index < -0.39 is 28.2 Å². The van der Waals surface area contributed by atoms with Gasteiger partial charge >= 0.3 is 23.2 Å². The first-order valence-electron chi connectivity index (χ1n) is 9.40. The molecule has 2 aromatic rings. The van der Waals surface area contributed by atoms with Crippen LogP contribution >= 0.6 is 0 Å². The zero-order valence-corrected chi connectivity index (χ0v) is 17.8. The van der Waals surface area contributed by atoms with Gasteiger partial charge in [0.1, 0.15) is 0 Å². The molecular formula is C18H23N9O6. The molecule has 0 atom stereocenters. The summed E-state index contributed by atoms with van der Waals surface area (Å²) in [6.45, 7) is 0.303. The lowest BCUT2D eigenvalue weighted by Gasteiger charge is -2.20. The topological polar surface area (TPSA) is 224 Å². The van der Waals surface area contributed by atoms with Gasteiger partial charge in [-0.1, -0.05) is 0 Å². The van der Waals surface area contributed by atoms with Gasteiger partial charge in [-0.2, -0.15) is 10.1 Å². The van der Waals surface area contributed by atoms with E-state index in [-0.39, 0.29) is 24.7 Å². The number of primary amides is 1. The molecule has 15 heteroatoms. The average Bonchev–Trinajstić information content (AvgIpc) is 2.76. The van der Waals surface area contributed by atoms with Crippen molar-refractivity contribution < 1.29 is 19.2 Å². The number of aromatic nitrogens is 2. The van der Waals surface area contributed by atoms with E-state index >= 15 is 0 Å². The highest BCUT2D eigenvalue weighted by atomic mass is 16.6. The molecule has 15 nitrogen and oxygen atoms in total. The van der Waals surface area contributed by atoms with Gasteiger partial charge in [-0.25, -0.2) is 15.0 Å². The molecule has 0 aliphatic heterocycles. The Labute approximate surface area is 187 Å². The molecule has 0 fully saturated rings. The monoisotopic (exact) mass is 461 g/mol. The van der Waals surface area contributed by atoms with Gasteiger partial charge in [0, 0.05) is 25.7 Å². The molecule has 33 heavy (non-hydrogen) atoms. The minimum atomic E-state index is -1.01. The number of urea groups is 1. The molecule has 2 rings (SSSR count). The van der Waals surface area contributed by atoms with Crippen LogP contribution in [-0.4, -0.2) is 59.9 Å². The number of esters is 1.